The minimum absolute atomic E-state index is 0.0199. The summed E-state index contributed by atoms with van der Waals surface area (Å²) >= 11 is 1.58. The fraction of sp³-hybridized carbons (Fsp3) is 0.538. The lowest BCUT2D eigenvalue weighted by molar-refractivity contribution is -0.144. The molecule has 3 aromatic rings. The molecular weight excluding hydrogens is 709 g/mol. The molecule has 3 saturated heterocycles. The number of hydrogen-bond donors (Lipinski definition) is 3. The van der Waals surface area contributed by atoms with Crippen molar-refractivity contribution < 1.29 is 29.0 Å². The second kappa shape index (κ2) is 16.5. The molecule has 3 aliphatic heterocycles. The van der Waals surface area contributed by atoms with Crippen molar-refractivity contribution in [3.63, 3.8) is 0 Å². The minimum Gasteiger partial charge on any atom is -0.465 e. The smallest absolute Gasteiger partial charge is 0.339 e. The zero-order chi connectivity index (χ0) is 38.7. The van der Waals surface area contributed by atoms with Crippen LogP contribution in [0.25, 0.3) is 10.4 Å². The number of esters is 1. The van der Waals surface area contributed by atoms with Gasteiger partial charge in [-0.15, -0.1) is 11.3 Å². The monoisotopic (exact) mass is 760 g/mol. The molecule has 0 aliphatic carbocycles. The van der Waals surface area contributed by atoms with E-state index in [1.165, 1.54) is 18.2 Å². The number of aryl methyl sites for hydroxylation is 1. The third kappa shape index (κ3) is 8.91. The van der Waals surface area contributed by atoms with Crippen LogP contribution < -0.4 is 15.5 Å². The summed E-state index contributed by atoms with van der Waals surface area (Å²) in [7, 11) is 1.35. The number of thiazole rings is 1. The molecule has 0 bridgehead atoms. The van der Waals surface area contributed by atoms with E-state index >= 15 is 0 Å². The summed E-state index contributed by atoms with van der Waals surface area (Å²) in [5.41, 5.74) is 4.56. The van der Waals surface area contributed by atoms with E-state index in [4.69, 9.17) is 4.74 Å². The molecule has 3 amide bonds. The van der Waals surface area contributed by atoms with E-state index in [-0.39, 0.29) is 43.3 Å². The Balaban J connectivity index is 0.990. The molecule has 4 atom stereocenters. The Labute approximate surface area is 320 Å². The normalized spacial score (nSPS) is 20.9. The molecule has 0 radical (unpaired) electrons. The Morgan fingerprint density at radius 3 is 2.28 bits per heavy atom. The largest absolute Gasteiger partial charge is 0.465 e. The lowest BCUT2D eigenvalue weighted by Crippen LogP contribution is -2.64. The predicted molar refractivity (Wildman–Crippen MR) is 206 cm³/mol. The zero-order valence-corrected chi connectivity index (χ0v) is 32.8. The van der Waals surface area contributed by atoms with Crippen molar-refractivity contribution in [2.45, 2.75) is 71.3 Å². The van der Waals surface area contributed by atoms with Gasteiger partial charge in [-0.3, -0.25) is 24.2 Å². The van der Waals surface area contributed by atoms with Crippen LogP contribution in [0.1, 0.15) is 61.8 Å². The standard InChI is InChI=1S/C39H52N8O6S/c1-24(26-7-9-27(10-8-26)34-25(2)41-23-54-34)42-36(50)31-17-30(48)21-47(31)37(51)35(39(3,4)5)43-33(49)22-44-13-15-45(16-14-44)29-19-46(20-29)32-12-11-28(18-40-32)38(52)53-6/h7-12,18,23-24,29-31,35,48H,13-17,19-22H2,1-6H3,(H,42,50)(H,43,49)/t24?,30-,31?,35?/m1/s1. The molecule has 54 heavy (non-hydrogen) atoms. The van der Waals surface area contributed by atoms with Crippen LogP contribution in [-0.4, -0.2) is 137 Å². The molecule has 3 fully saturated rings. The molecule has 1 aromatic carbocycles. The molecule has 0 spiro atoms. The maximum atomic E-state index is 14.1. The first-order valence-corrected chi connectivity index (χ1v) is 19.4. The molecular formula is C39H52N8O6S. The summed E-state index contributed by atoms with van der Waals surface area (Å²) in [5, 5.41) is 16.7. The number of methoxy groups -OCH3 is 1. The number of piperazine rings is 1. The highest BCUT2D eigenvalue weighted by Crippen LogP contribution is 2.30. The molecule has 0 saturated carbocycles. The summed E-state index contributed by atoms with van der Waals surface area (Å²) < 4.78 is 4.75. The molecule has 5 heterocycles. The first-order chi connectivity index (χ1) is 25.7. The van der Waals surface area contributed by atoms with Gasteiger partial charge in [0.2, 0.25) is 17.7 Å². The molecule has 14 nitrogen and oxygen atoms in total. The summed E-state index contributed by atoms with van der Waals surface area (Å²) in [5.74, 6) is -0.549. The summed E-state index contributed by atoms with van der Waals surface area (Å²) in [6.07, 6.45) is 0.814. The van der Waals surface area contributed by atoms with Crippen LogP contribution in [0.3, 0.4) is 0 Å². The van der Waals surface area contributed by atoms with Crippen LogP contribution in [0.5, 0.6) is 0 Å². The van der Waals surface area contributed by atoms with Gasteiger partial charge in [0, 0.05) is 64.5 Å². The van der Waals surface area contributed by atoms with E-state index in [0.29, 0.717) is 11.6 Å². The van der Waals surface area contributed by atoms with Crippen LogP contribution >= 0.6 is 11.3 Å². The van der Waals surface area contributed by atoms with Crippen molar-refractivity contribution in [1.82, 2.24) is 35.3 Å². The fourth-order valence-electron chi connectivity index (χ4n) is 7.40. The maximum absolute atomic E-state index is 14.1. The Hall–Kier alpha value is -4.44. The second-order valence-electron chi connectivity index (χ2n) is 15.6. The van der Waals surface area contributed by atoms with Gasteiger partial charge in [0.25, 0.3) is 0 Å². The summed E-state index contributed by atoms with van der Waals surface area (Å²) in [4.78, 5) is 70.9. The second-order valence-corrected chi connectivity index (χ2v) is 16.5. The number of nitrogens with zero attached hydrogens (tertiary/aromatic N) is 6. The number of rotatable bonds is 11. The average molecular weight is 761 g/mol. The molecule has 15 heteroatoms. The maximum Gasteiger partial charge on any atom is 0.339 e. The van der Waals surface area contributed by atoms with Crippen molar-refractivity contribution in [3.05, 3.63) is 64.9 Å². The molecule has 6 rings (SSSR count). The van der Waals surface area contributed by atoms with E-state index in [2.05, 4.69) is 35.3 Å². The van der Waals surface area contributed by atoms with Crippen LogP contribution in [0.15, 0.2) is 48.1 Å². The minimum atomic E-state index is -0.886. The SMILES string of the molecule is COC(=O)c1ccc(N2CC(N3CCN(CC(=O)NC(C(=O)N4C[C@H](O)CC4C(=O)NC(C)c4ccc(-c5scnc5C)cc4)C(C)(C)C)CC3)C2)nc1. The van der Waals surface area contributed by atoms with Crippen molar-refractivity contribution in [2.24, 2.45) is 5.41 Å². The van der Waals surface area contributed by atoms with Crippen molar-refractivity contribution >= 4 is 40.8 Å². The lowest BCUT2D eigenvalue weighted by Gasteiger charge is -2.48. The quantitative estimate of drug-likeness (QED) is 0.247. The van der Waals surface area contributed by atoms with Gasteiger partial charge in [0.05, 0.1) is 47.4 Å². The van der Waals surface area contributed by atoms with Crippen LogP contribution in [0.4, 0.5) is 5.82 Å². The van der Waals surface area contributed by atoms with Crippen molar-refractivity contribution in [3.8, 4) is 10.4 Å². The number of benzene rings is 1. The summed E-state index contributed by atoms with van der Waals surface area (Å²) in [6, 6.07) is 9.86. The highest BCUT2D eigenvalue weighted by atomic mass is 32.1. The summed E-state index contributed by atoms with van der Waals surface area (Å²) in [6.45, 7) is 14.5. The Bertz CT molecular complexity index is 1800. The first-order valence-electron chi connectivity index (χ1n) is 18.6. The lowest BCUT2D eigenvalue weighted by atomic mass is 9.85. The number of carbonyl (C=O) groups excluding carboxylic acids is 4. The van der Waals surface area contributed by atoms with Crippen LogP contribution in [-0.2, 0) is 19.1 Å². The van der Waals surface area contributed by atoms with E-state index in [1.807, 2.05) is 70.5 Å². The number of anilines is 1. The van der Waals surface area contributed by atoms with Crippen molar-refractivity contribution in [1.29, 1.82) is 0 Å². The number of hydrogen-bond acceptors (Lipinski definition) is 12. The number of aromatic nitrogens is 2. The number of β-amino-alcohol motifs (C(OH)–C–C–N with tert-alkyl or cyclic N) is 1. The van der Waals surface area contributed by atoms with Gasteiger partial charge in [0.15, 0.2) is 0 Å². The van der Waals surface area contributed by atoms with Crippen molar-refractivity contribution in [2.75, 3.05) is 64.4 Å². The van der Waals surface area contributed by atoms with Gasteiger partial charge in [-0.05, 0) is 42.5 Å². The van der Waals surface area contributed by atoms with Gasteiger partial charge in [-0.1, -0.05) is 45.0 Å². The Morgan fingerprint density at radius 2 is 1.69 bits per heavy atom. The molecule has 3 unspecified atom stereocenters. The number of nitrogens with one attached hydrogen (secondary N) is 2. The number of amides is 3. The number of aliphatic hydroxyl groups is 1. The molecule has 290 valence electrons. The van der Waals surface area contributed by atoms with Gasteiger partial charge in [-0.2, -0.15) is 0 Å². The van der Waals surface area contributed by atoms with Gasteiger partial charge < -0.3 is 30.3 Å². The van der Waals surface area contributed by atoms with Crippen LogP contribution in [0.2, 0.25) is 0 Å². The molecule has 2 aromatic heterocycles. The van der Waals surface area contributed by atoms with Gasteiger partial charge in [0.1, 0.15) is 17.9 Å². The first kappa shape index (κ1) is 39.3. The number of ether oxygens (including phenoxy) is 1. The van der Waals surface area contributed by atoms with Gasteiger partial charge >= 0.3 is 5.97 Å². The number of aliphatic hydroxyl groups excluding tert-OH is 1. The van der Waals surface area contributed by atoms with E-state index < -0.39 is 29.6 Å². The third-order valence-electron chi connectivity index (χ3n) is 10.7. The average Bonchev–Trinajstić information content (AvgIpc) is 3.75. The van der Waals surface area contributed by atoms with E-state index in [0.717, 1.165) is 66.8 Å². The molecule has 3 N–H and O–H groups in total. The number of carbonyl (C=O) groups is 4. The van der Waals surface area contributed by atoms with Gasteiger partial charge in [-0.25, -0.2) is 14.8 Å². The van der Waals surface area contributed by atoms with E-state index in [9.17, 15) is 24.3 Å². The highest BCUT2D eigenvalue weighted by Gasteiger charge is 2.45. The number of likely N-dealkylation sites (tertiary alicyclic amines) is 1. The Kier molecular flexibility index (Phi) is 12.0. The zero-order valence-electron chi connectivity index (χ0n) is 31.9. The topological polar surface area (TPSA) is 161 Å². The van der Waals surface area contributed by atoms with E-state index in [1.54, 1.807) is 17.4 Å². The fourth-order valence-corrected chi connectivity index (χ4v) is 8.21. The predicted octanol–water partition coefficient (Wildman–Crippen LogP) is 2.48. The molecule has 3 aliphatic rings. The number of pyridine rings is 1. The van der Waals surface area contributed by atoms with Crippen LogP contribution in [0, 0.1) is 12.3 Å². The Morgan fingerprint density at radius 1 is 0.981 bits per heavy atom. The third-order valence-corrected chi connectivity index (χ3v) is 11.7. The highest BCUT2D eigenvalue weighted by molar-refractivity contribution is 7.13.